The molecule has 0 saturated carbocycles. The van der Waals surface area contributed by atoms with Crippen LogP contribution in [0.5, 0.6) is 5.75 Å². The van der Waals surface area contributed by atoms with Crippen LogP contribution in [0.25, 0.3) is 0 Å². The van der Waals surface area contributed by atoms with Gasteiger partial charge in [0, 0.05) is 12.6 Å². The summed E-state index contributed by atoms with van der Waals surface area (Å²) in [6.07, 6.45) is 1.80. The fraction of sp³-hybridized carbons (Fsp3) is 0.333. The highest BCUT2D eigenvalue weighted by Crippen LogP contribution is 2.12. The lowest BCUT2D eigenvalue weighted by Crippen LogP contribution is -2.26. The fourth-order valence-corrected chi connectivity index (χ4v) is 1.32. The van der Waals surface area contributed by atoms with Crippen LogP contribution >= 0.6 is 0 Å². The first-order chi connectivity index (χ1) is 7.76. The number of phenols is 1. The topological polar surface area (TPSA) is 72.6 Å². The number of carbonyl (C=O) groups excluding carboxylic acids is 1. The van der Waals surface area contributed by atoms with Gasteiger partial charge in [-0.1, -0.05) is 12.1 Å². The third kappa shape index (κ3) is 4.28. The van der Waals surface area contributed by atoms with Crippen LogP contribution in [-0.4, -0.2) is 30.3 Å². The number of phenolic OH excluding ortho intramolecular Hbond substituents is 1. The van der Waals surface area contributed by atoms with Crippen molar-refractivity contribution in [2.24, 2.45) is 5.73 Å². The van der Waals surface area contributed by atoms with E-state index in [1.54, 1.807) is 18.1 Å². The van der Waals surface area contributed by atoms with Gasteiger partial charge in [0.1, 0.15) is 11.7 Å². The summed E-state index contributed by atoms with van der Waals surface area (Å²) >= 11 is 0. The highest BCUT2D eigenvalue weighted by atomic mass is 16.5. The summed E-state index contributed by atoms with van der Waals surface area (Å²) in [5, 5.41) is 9.12. The average Bonchev–Trinajstić information content (AvgIpc) is 2.31. The van der Waals surface area contributed by atoms with Gasteiger partial charge in [-0.15, -0.1) is 0 Å². The second-order valence-electron chi connectivity index (χ2n) is 3.38. The molecule has 1 atom stereocenters. The molecule has 4 heteroatoms. The number of hydrogen-bond donors (Lipinski definition) is 2. The maximum absolute atomic E-state index is 9.95. The van der Waals surface area contributed by atoms with E-state index in [4.69, 9.17) is 15.6 Å². The van der Waals surface area contributed by atoms with Crippen LogP contribution in [0, 0.1) is 0 Å². The van der Waals surface area contributed by atoms with Crippen molar-refractivity contribution in [3.05, 3.63) is 35.9 Å². The van der Waals surface area contributed by atoms with Crippen LogP contribution in [0.1, 0.15) is 5.56 Å². The Hall–Kier alpha value is -1.61. The first kappa shape index (κ1) is 12.5. The maximum Gasteiger partial charge on any atom is 0.122 e. The summed E-state index contributed by atoms with van der Waals surface area (Å²) in [5.74, 6) is 1.88. The summed E-state index contributed by atoms with van der Waals surface area (Å²) < 4.78 is 5.36. The molecule has 1 aromatic rings. The minimum absolute atomic E-state index is 0.130. The molecular weight excluding hydrogens is 206 g/mol. The molecule has 0 unspecified atom stereocenters. The Morgan fingerprint density at radius 1 is 1.44 bits per heavy atom. The molecule has 0 spiro atoms. The molecule has 0 fully saturated rings. The molecule has 0 aliphatic rings. The van der Waals surface area contributed by atoms with Gasteiger partial charge in [0.05, 0.1) is 12.7 Å². The third-order valence-corrected chi connectivity index (χ3v) is 2.16. The van der Waals surface area contributed by atoms with E-state index in [-0.39, 0.29) is 18.5 Å². The Balaban J connectivity index is 2.49. The molecule has 0 saturated heterocycles. The van der Waals surface area contributed by atoms with Crippen molar-refractivity contribution in [2.75, 3.05) is 13.2 Å². The van der Waals surface area contributed by atoms with Crippen LogP contribution < -0.4 is 5.73 Å². The Morgan fingerprint density at radius 3 is 2.69 bits per heavy atom. The molecule has 86 valence electrons. The molecule has 16 heavy (non-hydrogen) atoms. The second-order valence-corrected chi connectivity index (χ2v) is 3.38. The normalized spacial score (nSPS) is 11.8. The number of ether oxygens (including phenoxy) is 1. The van der Waals surface area contributed by atoms with Crippen molar-refractivity contribution in [2.45, 2.75) is 12.5 Å². The van der Waals surface area contributed by atoms with Gasteiger partial charge in [-0.05, 0) is 24.1 Å². The molecule has 0 amide bonds. The van der Waals surface area contributed by atoms with E-state index in [2.05, 4.69) is 0 Å². The van der Waals surface area contributed by atoms with E-state index >= 15 is 0 Å². The number of hydrogen-bond acceptors (Lipinski definition) is 4. The van der Waals surface area contributed by atoms with Gasteiger partial charge in [0.15, 0.2) is 0 Å². The van der Waals surface area contributed by atoms with Gasteiger partial charge >= 0.3 is 0 Å². The Kier molecular flexibility index (Phi) is 5.29. The van der Waals surface area contributed by atoms with E-state index in [0.29, 0.717) is 13.0 Å². The summed E-state index contributed by atoms with van der Waals surface area (Å²) in [4.78, 5) is 9.95. The van der Waals surface area contributed by atoms with E-state index in [9.17, 15) is 4.79 Å². The van der Waals surface area contributed by atoms with Gasteiger partial charge < -0.3 is 15.6 Å². The lowest BCUT2D eigenvalue weighted by molar-refractivity contribution is 0.0813. The van der Waals surface area contributed by atoms with E-state index in [0.717, 1.165) is 5.56 Å². The standard InChI is InChI=1S/C12H15NO3/c13-9-12(16-7-1-6-14)8-10-2-4-11(15)5-3-10/h1-5,12,15H,7-9,13H2/t12-/m0/s1. The Labute approximate surface area is 94.3 Å². The number of rotatable bonds is 6. The number of aromatic hydroxyl groups is 1. The first-order valence-corrected chi connectivity index (χ1v) is 5.05. The SMILES string of the molecule is NC[C@H](Cc1ccc(O)cc1)OCC=C=O. The third-order valence-electron chi connectivity index (χ3n) is 2.16. The molecule has 1 rings (SSSR count). The predicted molar refractivity (Wildman–Crippen MR) is 60.9 cm³/mol. The van der Waals surface area contributed by atoms with E-state index in [1.165, 1.54) is 6.08 Å². The molecule has 3 N–H and O–H groups in total. The monoisotopic (exact) mass is 221 g/mol. The van der Waals surface area contributed by atoms with Gasteiger partial charge in [-0.3, -0.25) is 0 Å². The van der Waals surface area contributed by atoms with Crippen molar-refractivity contribution in [3.8, 4) is 5.75 Å². The quantitative estimate of drug-likeness (QED) is 0.692. The molecular formula is C12H15NO3. The highest BCUT2D eigenvalue weighted by molar-refractivity contribution is 5.44. The molecule has 1 aromatic carbocycles. The lowest BCUT2D eigenvalue weighted by Gasteiger charge is -2.14. The Bertz CT molecular complexity index is 355. The minimum atomic E-state index is -0.130. The average molecular weight is 221 g/mol. The molecule has 4 nitrogen and oxygen atoms in total. The van der Waals surface area contributed by atoms with Crippen molar-refractivity contribution < 1.29 is 14.6 Å². The molecule has 0 aliphatic carbocycles. The van der Waals surface area contributed by atoms with Gasteiger partial charge in [-0.2, -0.15) is 0 Å². The van der Waals surface area contributed by atoms with Gasteiger partial charge in [0.2, 0.25) is 0 Å². The van der Waals surface area contributed by atoms with Crippen LogP contribution in [0.2, 0.25) is 0 Å². The summed E-state index contributed by atoms with van der Waals surface area (Å²) in [6.45, 7) is 0.608. The minimum Gasteiger partial charge on any atom is -0.508 e. The summed E-state index contributed by atoms with van der Waals surface area (Å²) in [5.41, 5.74) is 6.58. The highest BCUT2D eigenvalue weighted by Gasteiger charge is 2.07. The molecule has 0 heterocycles. The predicted octanol–water partition coefficient (Wildman–Crippen LogP) is 0.666. The van der Waals surface area contributed by atoms with Crippen molar-refractivity contribution in [1.29, 1.82) is 0 Å². The van der Waals surface area contributed by atoms with E-state index < -0.39 is 0 Å². The second kappa shape index (κ2) is 6.80. The Morgan fingerprint density at radius 2 is 2.12 bits per heavy atom. The summed E-state index contributed by atoms with van der Waals surface area (Å²) in [6, 6.07) is 6.87. The van der Waals surface area contributed by atoms with Crippen molar-refractivity contribution >= 4 is 5.94 Å². The largest absolute Gasteiger partial charge is 0.508 e. The summed E-state index contributed by atoms with van der Waals surface area (Å²) in [7, 11) is 0. The molecule has 0 radical (unpaired) electrons. The van der Waals surface area contributed by atoms with E-state index in [1.807, 2.05) is 12.1 Å². The molecule has 0 aliphatic heterocycles. The van der Waals surface area contributed by atoms with Crippen LogP contribution in [0.4, 0.5) is 0 Å². The van der Waals surface area contributed by atoms with Gasteiger partial charge in [0.25, 0.3) is 0 Å². The lowest BCUT2D eigenvalue weighted by atomic mass is 10.1. The molecule has 0 aromatic heterocycles. The van der Waals surface area contributed by atoms with Crippen LogP contribution in [0.15, 0.2) is 30.3 Å². The van der Waals surface area contributed by atoms with Crippen molar-refractivity contribution in [3.63, 3.8) is 0 Å². The zero-order chi connectivity index (χ0) is 11.8. The molecule has 0 bridgehead atoms. The zero-order valence-corrected chi connectivity index (χ0v) is 8.93. The maximum atomic E-state index is 9.95. The van der Waals surface area contributed by atoms with Gasteiger partial charge in [-0.25, -0.2) is 4.79 Å². The smallest absolute Gasteiger partial charge is 0.122 e. The number of benzene rings is 1. The first-order valence-electron chi connectivity index (χ1n) is 5.05. The fourth-order valence-electron chi connectivity index (χ4n) is 1.32. The van der Waals surface area contributed by atoms with Crippen LogP contribution in [0.3, 0.4) is 0 Å². The number of nitrogens with two attached hydrogens (primary N) is 1. The zero-order valence-electron chi connectivity index (χ0n) is 8.93. The van der Waals surface area contributed by atoms with Crippen LogP contribution in [-0.2, 0) is 16.0 Å². The van der Waals surface area contributed by atoms with Crippen molar-refractivity contribution in [1.82, 2.24) is 0 Å².